The Morgan fingerprint density at radius 3 is 2.68 bits per heavy atom. The lowest BCUT2D eigenvalue weighted by Crippen LogP contribution is -2.27. The lowest BCUT2D eigenvalue weighted by Gasteiger charge is -2.14. The molecule has 2 aromatic rings. The standard InChI is InChI=1S/C17H15Cl2NO2/c18-13-8-7-11(10-14(13)19)12-4-1-2-5-15(12)20-17(21)16-6-3-9-22-16/h1-2,4-5,7-8,10,16H,3,6,9H2,(H,20,21). The van der Waals surface area contributed by atoms with Crippen LogP contribution in [0.15, 0.2) is 42.5 Å². The molecule has 0 bridgehead atoms. The zero-order valence-electron chi connectivity index (χ0n) is 11.8. The van der Waals surface area contributed by atoms with Crippen LogP contribution in [-0.2, 0) is 9.53 Å². The number of ether oxygens (including phenoxy) is 1. The quantitative estimate of drug-likeness (QED) is 0.876. The molecular weight excluding hydrogens is 321 g/mol. The lowest BCUT2D eigenvalue weighted by molar-refractivity contribution is -0.124. The average molecular weight is 336 g/mol. The number of amides is 1. The predicted molar refractivity (Wildman–Crippen MR) is 89.5 cm³/mol. The molecule has 1 atom stereocenters. The monoisotopic (exact) mass is 335 g/mol. The number of hydrogen-bond acceptors (Lipinski definition) is 2. The molecule has 0 radical (unpaired) electrons. The minimum Gasteiger partial charge on any atom is -0.368 e. The van der Waals surface area contributed by atoms with Crippen molar-refractivity contribution in [1.82, 2.24) is 0 Å². The number of nitrogens with one attached hydrogen (secondary N) is 1. The maximum absolute atomic E-state index is 12.2. The Hall–Kier alpha value is -1.55. The summed E-state index contributed by atoms with van der Waals surface area (Å²) < 4.78 is 5.42. The van der Waals surface area contributed by atoms with Crippen LogP contribution in [0.5, 0.6) is 0 Å². The van der Waals surface area contributed by atoms with Crippen molar-refractivity contribution in [2.45, 2.75) is 18.9 Å². The van der Waals surface area contributed by atoms with Gasteiger partial charge in [-0.25, -0.2) is 0 Å². The summed E-state index contributed by atoms with van der Waals surface area (Å²) in [5.41, 5.74) is 2.53. The number of rotatable bonds is 3. The molecule has 1 saturated heterocycles. The van der Waals surface area contributed by atoms with Gasteiger partial charge in [0, 0.05) is 17.9 Å². The minimum absolute atomic E-state index is 0.106. The van der Waals surface area contributed by atoms with Crippen LogP contribution in [-0.4, -0.2) is 18.6 Å². The summed E-state index contributed by atoms with van der Waals surface area (Å²) in [5.74, 6) is -0.106. The summed E-state index contributed by atoms with van der Waals surface area (Å²) in [6, 6.07) is 13.0. The SMILES string of the molecule is O=C(Nc1ccccc1-c1ccc(Cl)c(Cl)c1)C1CCCO1. The van der Waals surface area contributed by atoms with Crippen molar-refractivity contribution in [2.75, 3.05) is 11.9 Å². The largest absolute Gasteiger partial charge is 0.368 e. The van der Waals surface area contributed by atoms with E-state index in [1.165, 1.54) is 0 Å². The molecule has 3 nitrogen and oxygen atoms in total. The van der Waals surface area contributed by atoms with Gasteiger partial charge in [0.25, 0.3) is 5.91 Å². The maximum Gasteiger partial charge on any atom is 0.253 e. The molecular formula is C17H15Cl2NO2. The van der Waals surface area contributed by atoms with Crippen LogP contribution in [0, 0.1) is 0 Å². The molecule has 1 aliphatic rings. The van der Waals surface area contributed by atoms with E-state index in [0.29, 0.717) is 16.7 Å². The second-order valence-electron chi connectivity index (χ2n) is 5.17. The predicted octanol–water partition coefficient (Wildman–Crippen LogP) is 4.78. The first kappa shape index (κ1) is 15.3. The summed E-state index contributed by atoms with van der Waals surface area (Å²) in [7, 11) is 0. The van der Waals surface area contributed by atoms with Crippen molar-refractivity contribution >= 4 is 34.8 Å². The highest BCUT2D eigenvalue weighted by atomic mass is 35.5. The summed E-state index contributed by atoms with van der Waals surface area (Å²) in [5, 5.41) is 3.94. The molecule has 5 heteroatoms. The molecule has 1 unspecified atom stereocenters. The van der Waals surface area contributed by atoms with Gasteiger partial charge in [0.1, 0.15) is 6.10 Å². The van der Waals surface area contributed by atoms with Crippen molar-refractivity contribution in [3.05, 3.63) is 52.5 Å². The van der Waals surface area contributed by atoms with E-state index in [2.05, 4.69) is 5.32 Å². The maximum atomic E-state index is 12.2. The Morgan fingerprint density at radius 2 is 1.95 bits per heavy atom. The van der Waals surface area contributed by atoms with E-state index in [0.717, 1.165) is 29.7 Å². The van der Waals surface area contributed by atoms with Crippen LogP contribution in [0.4, 0.5) is 5.69 Å². The molecule has 114 valence electrons. The first-order valence-electron chi connectivity index (χ1n) is 7.12. The van der Waals surface area contributed by atoms with Gasteiger partial charge in [-0.3, -0.25) is 4.79 Å². The van der Waals surface area contributed by atoms with Gasteiger partial charge in [0.15, 0.2) is 0 Å². The van der Waals surface area contributed by atoms with E-state index in [1.807, 2.05) is 30.3 Å². The van der Waals surface area contributed by atoms with E-state index < -0.39 is 0 Å². The minimum atomic E-state index is -0.359. The lowest BCUT2D eigenvalue weighted by atomic mass is 10.0. The fraction of sp³-hybridized carbons (Fsp3) is 0.235. The van der Waals surface area contributed by atoms with Crippen molar-refractivity contribution in [1.29, 1.82) is 0 Å². The van der Waals surface area contributed by atoms with Crippen LogP contribution >= 0.6 is 23.2 Å². The van der Waals surface area contributed by atoms with Gasteiger partial charge in [-0.2, -0.15) is 0 Å². The number of benzene rings is 2. The van der Waals surface area contributed by atoms with Crippen molar-refractivity contribution in [3.63, 3.8) is 0 Å². The zero-order valence-corrected chi connectivity index (χ0v) is 13.3. The van der Waals surface area contributed by atoms with E-state index >= 15 is 0 Å². The molecule has 3 rings (SSSR count). The van der Waals surface area contributed by atoms with E-state index in [-0.39, 0.29) is 12.0 Å². The summed E-state index contributed by atoms with van der Waals surface area (Å²) in [4.78, 5) is 12.2. The number of carbonyl (C=O) groups excluding carboxylic acids is 1. The smallest absolute Gasteiger partial charge is 0.253 e. The molecule has 1 aliphatic heterocycles. The normalized spacial score (nSPS) is 17.5. The highest BCUT2D eigenvalue weighted by molar-refractivity contribution is 6.42. The molecule has 22 heavy (non-hydrogen) atoms. The van der Waals surface area contributed by atoms with Crippen molar-refractivity contribution in [2.24, 2.45) is 0 Å². The van der Waals surface area contributed by atoms with Crippen molar-refractivity contribution in [3.8, 4) is 11.1 Å². The number of halogens is 2. The second kappa shape index (κ2) is 6.69. The average Bonchev–Trinajstić information content (AvgIpc) is 3.05. The van der Waals surface area contributed by atoms with Gasteiger partial charge < -0.3 is 10.1 Å². The third-order valence-corrected chi connectivity index (χ3v) is 4.38. The molecule has 1 fully saturated rings. The van der Waals surface area contributed by atoms with E-state index in [4.69, 9.17) is 27.9 Å². The van der Waals surface area contributed by atoms with Crippen LogP contribution in [0.3, 0.4) is 0 Å². The molecule has 1 amide bonds. The van der Waals surface area contributed by atoms with Crippen LogP contribution in [0.1, 0.15) is 12.8 Å². The first-order chi connectivity index (χ1) is 10.6. The molecule has 0 aromatic heterocycles. The molecule has 0 aliphatic carbocycles. The third-order valence-electron chi connectivity index (χ3n) is 3.64. The van der Waals surface area contributed by atoms with Gasteiger partial charge in [0.2, 0.25) is 0 Å². The number of carbonyl (C=O) groups is 1. The molecule has 1 N–H and O–H groups in total. The highest BCUT2D eigenvalue weighted by Gasteiger charge is 2.24. The summed E-state index contributed by atoms with van der Waals surface area (Å²) in [6.45, 7) is 0.645. The van der Waals surface area contributed by atoms with E-state index in [9.17, 15) is 4.79 Å². The Labute approximate surface area is 139 Å². The highest BCUT2D eigenvalue weighted by Crippen LogP contribution is 2.33. The molecule has 0 saturated carbocycles. The third kappa shape index (κ3) is 3.27. The fourth-order valence-corrected chi connectivity index (χ4v) is 2.80. The summed E-state index contributed by atoms with van der Waals surface area (Å²) in [6.07, 6.45) is 1.33. The molecule has 1 heterocycles. The Kier molecular flexibility index (Phi) is 4.67. The van der Waals surface area contributed by atoms with Crippen LogP contribution < -0.4 is 5.32 Å². The van der Waals surface area contributed by atoms with E-state index in [1.54, 1.807) is 12.1 Å². The van der Waals surface area contributed by atoms with Gasteiger partial charge in [-0.1, -0.05) is 47.5 Å². The second-order valence-corrected chi connectivity index (χ2v) is 5.98. The number of hydrogen-bond donors (Lipinski definition) is 1. The Balaban J connectivity index is 1.89. The van der Waals surface area contributed by atoms with Crippen LogP contribution in [0.2, 0.25) is 10.0 Å². The molecule has 2 aromatic carbocycles. The number of para-hydroxylation sites is 1. The Bertz CT molecular complexity index is 697. The van der Waals surface area contributed by atoms with Gasteiger partial charge in [0.05, 0.1) is 10.0 Å². The van der Waals surface area contributed by atoms with Gasteiger partial charge in [-0.15, -0.1) is 0 Å². The van der Waals surface area contributed by atoms with Gasteiger partial charge in [-0.05, 0) is 36.6 Å². The first-order valence-corrected chi connectivity index (χ1v) is 7.87. The zero-order chi connectivity index (χ0) is 15.5. The Morgan fingerprint density at radius 1 is 1.14 bits per heavy atom. The number of anilines is 1. The van der Waals surface area contributed by atoms with Gasteiger partial charge >= 0.3 is 0 Å². The topological polar surface area (TPSA) is 38.3 Å². The fourth-order valence-electron chi connectivity index (χ4n) is 2.51. The van der Waals surface area contributed by atoms with Crippen molar-refractivity contribution < 1.29 is 9.53 Å². The van der Waals surface area contributed by atoms with Crippen LogP contribution in [0.25, 0.3) is 11.1 Å². The molecule has 0 spiro atoms. The summed E-state index contributed by atoms with van der Waals surface area (Å²) >= 11 is 12.0.